The largest absolute Gasteiger partial charge is 0.317 e. The first kappa shape index (κ1) is 12.0. The van der Waals surface area contributed by atoms with Crippen LogP contribution in [0.5, 0.6) is 0 Å². The molecule has 1 aliphatic rings. The minimum absolute atomic E-state index is 0.470. The Kier molecular flexibility index (Phi) is 4.90. The highest BCUT2D eigenvalue weighted by Gasteiger charge is 2.31. The maximum absolute atomic E-state index is 3.45. The summed E-state index contributed by atoms with van der Waals surface area (Å²) in [5, 5.41) is 3.45. The van der Waals surface area contributed by atoms with Crippen LogP contribution in [0.4, 0.5) is 0 Å². The molecule has 1 fully saturated rings. The van der Waals surface area contributed by atoms with Gasteiger partial charge in [0.2, 0.25) is 0 Å². The van der Waals surface area contributed by atoms with Gasteiger partial charge in [-0.05, 0) is 58.8 Å². The second-order valence-electron chi connectivity index (χ2n) is 4.73. The van der Waals surface area contributed by atoms with E-state index in [4.69, 9.17) is 0 Å². The average molecular weight is 198 g/mol. The Labute approximate surface area is 89.1 Å². The first-order valence-corrected chi connectivity index (χ1v) is 6.18. The molecular formula is C12H26N2. The minimum Gasteiger partial charge on any atom is -0.317 e. The van der Waals surface area contributed by atoms with E-state index in [0.29, 0.717) is 5.54 Å². The van der Waals surface area contributed by atoms with Crippen LogP contribution < -0.4 is 5.32 Å². The van der Waals surface area contributed by atoms with Crippen LogP contribution in [0.3, 0.4) is 0 Å². The lowest BCUT2D eigenvalue weighted by atomic mass is 9.88. The maximum atomic E-state index is 3.45. The Bertz CT molecular complexity index is 144. The molecule has 1 rings (SSSR count). The molecule has 0 aromatic heterocycles. The molecule has 1 N–H and O–H groups in total. The molecule has 0 atom stereocenters. The number of hydrogen-bond acceptors (Lipinski definition) is 2. The molecule has 0 amide bonds. The number of piperidine rings is 1. The van der Waals surface area contributed by atoms with Crippen molar-refractivity contribution in [2.45, 2.75) is 52.0 Å². The first-order chi connectivity index (χ1) is 6.73. The number of nitrogens with zero attached hydrogens (tertiary/aromatic N) is 1. The van der Waals surface area contributed by atoms with E-state index in [1.54, 1.807) is 0 Å². The van der Waals surface area contributed by atoms with Gasteiger partial charge in [-0.2, -0.15) is 0 Å². The molecule has 1 heterocycles. The summed E-state index contributed by atoms with van der Waals surface area (Å²) in [5.41, 5.74) is 0.470. The van der Waals surface area contributed by atoms with Gasteiger partial charge in [0.1, 0.15) is 0 Å². The van der Waals surface area contributed by atoms with Gasteiger partial charge >= 0.3 is 0 Å². The zero-order valence-corrected chi connectivity index (χ0v) is 10.1. The van der Waals surface area contributed by atoms with E-state index in [1.165, 1.54) is 51.9 Å². The van der Waals surface area contributed by atoms with Crippen LogP contribution in [0, 0.1) is 0 Å². The fraction of sp³-hybridized carbons (Fsp3) is 1.00. The minimum atomic E-state index is 0.470. The van der Waals surface area contributed by atoms with E-state index in [0.717, 1.165) is 0 Å². The van der Waals surface area contributed by atoms with E-state index < -0.39 is 0 Å². The van der Waals surface area contributed by atoms with Crippen LogP contribution in [0.2, 0.25) is 0 Å². The summed E-state index contributed by atoms with van der Waals surface area (Å²) in [4.78, 5) is 2.70. The van der Waals surface area contributed by atoms with E-state index in [-0.39, 0.29) is 0 Å². The van der Waals surface area contributed by atoms with Gasteiger partial charge in [0, 0.05) is 5.54 Å². The molecule has 1 aliphatic heterocycles. The van der Waals surface area contributed by atoms with Crippen molar-refractivity contribution in [1.29, 1.82) is 0 Å². The molecule has 2 nitrogen and oxygen atoms in total. The summed E-state index contributed by atoms with van der Waals surface area (Å²) < 4.78 is 0. The van der Waals surface area contributed by atoms with Crippen molar-refractivity contribution in [1.82, 2.24) is 10.2 Å². The number of rotatable bonds is 5. The molecule has 0 aromatic carbocycles. The van der Waals surface area contributed by atoms with Crippen LogP contribution in [0.25, 0.3) is 0 Å². The topological polar surface area (TPSA) is 15.3 Å². The van der Waals surface area contributed by atoms with E-state index in [2.05, 4.69) is 31.0 Å². The van der Waals surface area contributed by atoms with Gasteiger partial charge in [-0.25, -0.2) is 0 Å². The molecule has 0 aliphatic carbocycles. The molecule has 0 unspecified atom stereocenters. The lowest BCUT2D eigenvalue weighted by Gasteiger charge is -2.44. The summed E-state index contributed by atoms with van der Waals surface area (Å²) in [6.07, 6.45) is 5.19. The number of hydrogen-bond donors (Lipinski definition) is 1. The van der Waals surface area contributed by atoms with Gasteiger partial charge in [0.05, 0.1) is 0 Å². The Morgan fingerprint density at radius 1 is 1.07 bits per heavy atom. The normalized spacial score (nSPS) is 21.4. The summed E-state index contributed by atoms with van der Waals surface area (Å²) in [6.45, 7) is 11.9. The molecule has 0 spiro atoms. The monoisotopic (exact) mass is 198 g/mol. The van der Waals surface area contributed by atoms with Crippen LogP contribution >= 0.6 is 0 Å². The lowest BCUT2D eigenvalue weighted by molar-refractivity contribution is 0.0720. The SMILES string of the molecule is CCCN(CCC)C1(C)CCNCC1. The molecule has 0 radical (unpaired) electrons. The van der Waals surface area contributed by atoms with Gasteiger partial charge in [0.25, 0.3) is 0 Å². The second-order valence-corrected chi connectivity index (χ2v) is 4.73. The second kappa shape index (κ2) is 5.72. The molecule has 14 heavy (non-hydrogen) atoms. The van der Waals surface area contributed by atoms with Gasteiger partial charge in [-0.3, -0.25) is 4.90 Å². The van der Waals surface area contributed by atoms with Crippen LogP contribution in [0.1, 0.15) is 46.5 Å². The van der Waals surface area contributed by atoms with Crippen molar-refractivity contribution in [3.05, 3.63) is 0 Å². The van der Waals surface area contributed by atoms with E-state index in [9.17, 15) is 0 Å². The molecule has 84 valence electrons. The van der Waals surface area contributed by atoms with Crippen LogP contribution in [-0.2, 0) is 0 Å². The Hall–Kier alpha value is -0.0800. The van der Waals surface area contributed by atoms with Gasteiger partial charge in [-0.1, -0.05) is 13.8 Å². The van der Waals surface area contributed by atoms with E-state index >= 15 is 0 Å². The van der Waals surface area contributed by atoms with Crippen molar-refractivity contribution >= 4 is 0 Å². The van der Waals surface area contributed by atoms with Crippen molar-refractivity contribution in [3.8, 4) is 0 Å². The van der Waals surface area contributed by atoms with E-state index in [1.807, 2.05) is 0 Å². The fourth-order valence-corrected chi connectivity index (χ4v) is 2.47. The van der Waals surface area contributed by atoms with Crippen LogP contribution in [0.15, 0.2) is 0 Å². The fourth-order valence-electron chi connectivity index (χ4n) is 2.47. The third-order valence-electron chi connectivity index (χ3n) is 3.43. The average Bonchev–Trinajstić information content (AvgIpc) is 2.19. The zero-order chi connectivity index (χ0) is 10.4. The highest BCUT2D eigenvalue weighted by Crippen LogP contribution is 2.25. The first-order valence-electron chi connectivity index (χ1n) is 6.18. The van der Waals surface area contributed by atoms with Gasteiger partial charge in [-0.15, -0.1) is 0 Å². The molecule has 1 saturated heterocycles. The summed E-state index contributed by atoms with van der Waals surface area (Å²) in [7, 11) is 0. The standard InChI is InChI=1S/C12H26N2/c1-4-10-14(11-5-2)12(3)6-8-13-9-7-12/h13H,4-11H2,1-3H3. The summed E-state index contributed by atoms with van der Waals surface area (Å²) >= 11 is 0. The van der Waals surface area contributed by atoms with Crippen molar-refractivity contribution in [2.24, 2.45) is 0 Å². The summed E-state index contributed by atoms with van der Waals surface area (Å²) in [5.74, 6) is 0. The predicted molar refractivity (Wildman–Crippen MR) is 62.7 cm³/mol. The summed E-state index contributed by atoms with van der Waals surface area (Å²) in [6, 6.07) is 0. The molecular weight excluding hydrogens is 172 g/mol. The molecule has 2 heteroatoms. The van der Waals surface area contributed by atoms with Crippen molar-refractivity contribution in [3.63, 3.8) is 0 Å². The molecule has 0 aromatic rings. The Balaban J connectivity index is 2.53. The molecule has 0 saturated carbocycles. The van der Waals surface area contributed by atoms with Gasteiger partial charge < -0.3 is 5.32 Å². The third kappa shape index (κ3) is 2.96. The number of nitrogens with one attached hydrogen (secondary N) is 1. The zero-order valence-electron chi connectivity index (χ0n) is 10.1. The third-order valence-corrected chi connectivity index (χ3v) is 3.43. The van der Waals surface area contributed by atoms with Crippen molar-refractivity contribution < 1.29 is 0 Å². The quantitative estimate of drug-likeness (QED) is 0.729. The highest BCUT2D eigenvalue weighted by molar-refractivity contribution is 4.90. The lowest BCUT2D eigenvalue weighted by Crippen LogP contribution is -2.53. The maximum Gasteiger partial charge on any atom is 0.0205 e. The molecule has 0 bridgehead atoms. The smallest absolute Gasteiger partial charge is 0.0205 e. The Morgan fingerprint density at radius 3 is 2.00 bits per heavy atom. The van der Waals surface area contributed by atoms with Crippen LogP contribution in [-0.4, -0.2) is 36.6 Å². The Morgan fingerprint density at radius 2 is 1.57 bits per heavy atom. The van der Waals surface area contributed by atoms with Crippen molar-refractivity contribution in [2.75, 3.05) is 26.2 Å². The predicted octanol–water partition coefficient (Wildman–Crippen LogP) is 2.25. The highest BCUT2D eigenvalue weighted by atomic mass is 15.2. The van der Waals surface area contributed by atoms with Gasteiger partial charge in [0.15, 0.2) is 0 Å².